The van der Waals surface area contributed by atoms with Crippen molar-refractivity contribution in [3.8, 4) is 11.4 Å². The van der Waals surface area contributed by atoms with Gasteiger partial charge in [-0.25, -0.2) is 4.98 Å². The fourth-order valence-electron chi connectivity index (χ4n) is 2.71. The van der Waals surface area contributed by atoms with Crippen LogP contribution in [-0.4, -0.2) is 14.5 Å². The Morgan fingerprint density at radius 3 is 2.36 bits per heavy atom. The minimum atomic E-state index is -0.0930. The van der Waals surface area contributed by atoms with Crippen molar-refractivity contribution in [3.05, 3.63) is 95.0 Å². The molecule has 0 aliphatic rings. The Kier molecular flexibility index (Phi) is 3.92. The smallest absolute Gasteiger partial charge is 0.265 e. The molecule has 25 heavy (non-hydrogen) atoms. The van der Waals surface area contributed by atoms with E-state index in [0.29, 0.717) is 16.7 Å². The van der Waals surface area contributed by atoms with Crippen LogP contribution in [0.4, 0.5) is 0 Å². The molecule has 0 spiro atoms. The molecule has 0 bridgehead atoms. The van der Waals surface area contributed by atoms with Crippen molar-refractivity contribution in [1.29, 1.82) is 0 Å². The third kappa shape index (κ3) is 2.97. The predicted molar refractivity (Wildman–Crippen MR) is 101 cm³/mol. The summed E-state index contributed by atoms with van der Waals surface area (Å²) >= 11 is 0. The summed E-state index contributed by atoms with van der Waals surface area (Å²) in [6.07, 6.45) is 7.07. The molecule has 4 aromatic rings. The van der Waals surface area contributed by atoms with Gasteiger partial charge in [0, 0.05) is 24.2 Å². The average molecular weight is 325 g/mol. The first kappa shape index (κ1) is 15.0. The Morgan fingerprint density at radius 2 is 1.56 bits per heavy atom. The topological polar surface area (TPSA) is 47.8 Å². The third-order valence-electron chi connectivity index (χ3n) is 3.96. The molecule has 0 saturated heterocycles. The molecule has 0 aliphatic heterocycles. The monoisotopic (exact) mass is 325 g/mol. The third-order valence-corrected chi connectivity index (χ3v) is 3.96. The highest BCUT2D eigenvalue weighted by Gasteiger charge is 2.10. The van der Waals surface area contributed by atoms with E-state index in [0.717, 1.165) is 11.1 Å². The van der Waals surface area contributed by atoms with Gasteiger partial charge in [-0.05, 0) is 35.9 Å². The van der Waals surface area contributed by atoms with Crippen LogP contribution in [0.5, 0.6) is 0 Å². The van der Waals surface area contributed by atoms with Crippen molar-refractivity contribution < 1.29 is 0 Å². The van der Waals surface area contributed by atoms with Gasteiger partial charge in [0.2, 0.25) is 0 Å². The number of hydrogen-bond acceptors (Lipinski definition) is 3. The molecule has 4 heteroatoms. The maximum atomic E-state index is 13.0. The standard InChI is InChI=1S/C21H15N3O/c25-21-18-8-4-5-9-19(18)23-20(17-10-13-22-14-11-17)24(21)15-12-16-6-2-1-3-7-16/h1-15H/b15-12+. The van der Waals surface area contributed by atoms with Crippen molar-refractivity contribution >= 4 is 23.2 Å². The van der Waals surface area contributed by atoms with Crippen LogP contribution in [0.3, 0.4) is 0 Å². The summed E-state index contributed by atoms with van der Waals surface area (Å²) in [6, 6.07) is 21.0. The molecule has 0 fully saturated rings. The van der Waals surface area contributed by atoms with Gasteiger partial charge in [0.1, 0.15) is 5.82 Å². The molecular weight excluding hydrogens is 310 g/mol. The highest BCUT2D eigenvalue weighted by Crippen LogP contribution is 2.18. The minimum absolute atomic E-state index is 0.0930. The first-order valence-corrected chi connectivity index (χ1v) is 7.98. The van der Waals surface area contributed by atoms with Crippen LogP contribution in [-0.2, 0) is 0 Å². The van der Waals surface area contributed by atoms with Gasteiger partial charge in [-0.3, -0.25) is 14.3 Å². The van der Waals surface area contributed by atoms with E-state index in [2.05, 4.69) is 4.98 Å². The Morgan fingerprint density at radius 1 is 0.840 bits per heavy atom. The number of aromatic nitrogens is 3. The Hall–Kier alpha value is -3.53. The van der Waals surface area contributed by atoms with E-state index < -0.39 is 0 Å². The molecule has 2 aromatic carbocycles. The van der Waals surface area contributed by atoms with E-state index in [1.807, 2.05) is 66.7 Å². The molecule has 120 valence electrons. The summed E-state index contributed by atoms with van der Waals surface area (Å²) < 4.78 is 1.59. The summed E-state index contributed by atoms with van der Waals surface area (Å²) in [6.45, 7) is 0. The molecule has 0 saturated carbocycles. The van der Waals surface area contributed by atoms with Crippen LogP contribution in [0.15, 0.2) is 83.9 Å². The fourth-order valence-corrected chi connectivity index (χ4v) is 2.71. The molecule has 0 N–H and O–H groups in total. The van der Waals surface area contributed by atoms with Crippen molar-refractivity contribution in [3.63, 3.8) is 0 Å². The number of nitrogens with zero attached hydrogens (tertiary/aromatic N) is 3. The number of rotatable bonds is 3. The maximum Gasteiger partial charge on any atom is 0.265 e. The zero-order valence-electron chi connectivity index (χ0n) is 13.4. The minimum Gasteiger partial charge on any atom is -0.268 e. The molecule has 4 rings (SSSR count). The van der Waals surface area contributed by atoms with E-state index in [4.69, 9.17) is 4.98 Å². The Labute approximate surface area is 144 Å². The lowest BCUT2D eigenvalue weighted by Gasteiger charge is -2.10. The van der Waals surface area contributed by atoms with Gasteiger partial charge in [0.15, 0.2) is 0 Å². The largest absolute Gasteiger partial charge is 0.268 e. The lowest BCUT2D eigenvalue weighted by molar-refractivity contribution is 1.04. The highest BCUT2D eigenvalue weighted by atomic mass is 16.1. The first-order chi connectivity index (χ1) is 12.3. The molecule has 0 radical (unpaired) electrons. The van der Waals surface area contributed by atoms with Gasteiger partial charge in [-0.15, -0.1) is 0 Å². The van der Waals surface area contributed by atoms with Crippen LogP contribution in [0, 0.1) is 0 Å². The van der Waals surface area contributed by atoms with Gasteiger partial charge < -0.3 is 0 Å². The lowest BCUT2D eigenvalue weighted by Crippen LogP contribution is -2.19. The Balaban J connectivity index is 1.96. The van der Waals surface area contributed by atoms with Gasteiger partial charge in [-0.2, -0.15) is 0 Å². The van der Waals surface area contributed by atoms with E-state index in [9.17, 15) is 4.79 Å². The van der Waals surface area contributed by atoms with Crippen LogP contribution in [0.1, 0.15) is 5.56 Å². The number of benzene rings is 2. The van der Waals surface area contributed by atoms with E-state index in [1.165, 1.54) is 0 Å². The van der Waals surface area contributed by atoms with Crippen LogP contribution in [0.25, 0.3) is 34.6 Å². The molecule has 0 atom stereocenters. The maximum absolute atomic E-state index is 13.0. The molecule has 0 unspecified atom stereocenters. The summed E-state index contributed by atoms with van der Waals surface area (Å²) in [4.78, 5) is 21.7. The van der Waals surface area contributed by atoms with Gasteiger partial charge in [0.05, 0.1) is 10.9 Å². The SMILES string of the molecule is O=c1c2ccccc2nc(-c2ccncc2)n1/C=C/c1ccccc1. The van der Waals surface area contributed by atoms with Gasteiger partial charge in [0.25, 0.3) is 5.56 Å². The number of para-hydroxylation sites is 1. The van der Waals surface area contributed by atoms with Crippen LogP contribution >= 0.6 is 0 Å². The van der Waals surface area contributed by atoms with E-state index in [1.54, 1.807) is 29.2 Å². The molecule has 0 amide bonds. The Bertz CT molecular complexity index is 1100. The number of pyridine rings is 1. The molecule has 0 aliphatic carbocycles. The second-order valence-corrected chi connectivity index (χ2v) is 5.59. The molecule has 2 aromatic heterocycles. The average Bonchev–Trinajstić information content (AvgIpc) is 2.69. The number of fused-ring (bicyclic) bond motifs is 1. The second kappa shape index (κ2) is 6.53. The lowest BCUT2D eigenvalue weighted by atomic mass is 10.2. The van der Waals surface area contributed by atoms with Gasteiger partial charge >= 0.3 is 0 Å². The van der Waals surface area contributed by atoms with Gasteiger partial charge in [-0.1, -0.05) is 42.5 Å². The molecule has 2 heterocycles. The zero-order chi connectivity index (χ0) is 17.1. The van der Waals surface area contributed by atoms with Crippen molar-refractivity contribution in [2.24, 2.45) is 0 Å². The highest BCUT2D eigenvalue weighted by molar-refractivity contribution is 5.81. The second-order valence-electron chi connectivity index (χ2n) is 5.59. The van der Waals surface area contributed by atoms with E-state index >= 15 is 0 Å². The number of hydrogen-bond donors (Lipinski definition) is 0. The summed E-state index contributed by atoms with van der Waals surface area (Å²) in [7, 11) is 0. The normalized spacial score (nSPS) is 11.2. The van der Waals surface area contributed by atoms with Crippen molar-refractivity contribution in [2.75, 3.05) is 0 Å². The van der Waals surface area contributed by atoms with Crippen molar-refractivity contribution in [1.82, 2.24) is 14.5 Å². The summed E-state index contributed by atoms with van der Waals surface area (Å²) in [5.74, 6) is 0.596. The summed E-state index contributed by atoms with van der Waals surface area (Å²) in [5, 5.41) is 0.595. The van der Waals surface area contributed by atoms with Crippen LogP contribution < -0.4 is 5.56 Å². The molecule has 4 nitrogen and oxygen atoms in total. The predicted octanol–water partition coefficient (Wildman–Crippen LogP) is 4.09. The first-order valence-electron chi connectivity index (χ1n) is 7.98. The van der Waals surface area contributed by atoms with E-state index in [-0.39, 0.29) is 5.56 Å². The zero-order valence-corrected chi connectivity index (χ0v) is 13.4. The van der Waals surface area contributed by atoms with Crippen molar-refractivity contribution in [2.45, 2.75) is 0 Å². The summed E-state index contributed by atoms with van der Waals surface area (Å²) in [5.41, 5.74) is 2.45. The molecular formula is C21H15N3O. The van der Waals surface area contributed by atoms with Crippen LogP contribution in [0.2, 0.25) is 0 Å². The fraction of sp³-hybridized carbons (Fsp3) is 0. The quantitative estimate of drug-likeness (QED) is 0.570.